The van der Waals surface area contributed by atoms with E-state index in [1.807, 2.05) is 0 Å². The lowest BCUT2D eigenvalue weighted by molar-refractivity contribution is -0.121. The van der Waals surface area contributed by atoms with Crippen LogP contribution in [0.5, 0.6) is 0 Å². The average Bonchev–Trinajstić information content (AvgIpc) is 2.56. The molecule has 0 radical (unpaired) electrons. The molecule has 0 unspecified atom stereocenters. The number of hydrogen-bond donors (Lipinski definition) is 2. The van der Waals surface area contributed by atoms with Gasteiger partial charge >= 0.3 is 0 Å². The van der Waals surface area contributed by atoms with E-state index < -0.39 is 27.9 Å². The summed E-state index contributed by atoms with van der Waals surface area (Å²) in [5.74, 6) is -1.51. The maximum Gasteiger partial charge on any atom is 0.241 e. The SMILES string of the molecule is C=C[C@H](C(N)=O)[C@H](NS(=O)(=O)c1ccccc1)c1ccccc1. The van der Waals surface area contributed by atoms with Gasteiger partial charge in [-0.2, -0.15) is 0 Å². The van der Waals surface area contributed by atoms with Crippen molar-refractivity contribution in [2.45, 2.75) is 10.9 Å². The molecule has 6 heteroatoms. The number of amides is 1. The van der Waals surface area contributed by atoms with Gasteiger partial charge in [-0.25, -0.2) is 13.1 Å². The van der Waals surface area contributed by atoms with Crippen molar-refractivity contribution in [3.63, 3.8) is 0 Å². The first-order valence-electron chi connectivity index (χ1n) is 7.00. The van der Waals surface area contributed by atoms with Gasteiger partial charge in [0.25, 0.3) is 0 Å². The molecule has 0 aromatic heterocycles. The maximum atomic E-state index is 12.6. The van der Waals surface area contributed by atoms with Gasteiger partial charge in [0.15, 0.2) is 0 Å². The minimum Gasteiger partial charge on any atom is -0.369 e. The maximum absolute atomic E-state index is 12.6. The lowest BCUT2D eigenvalue weighted by Gasteiger charge is -2.24. The van der Waals surface area contributed by atoms with Gasteiger partial charge in [-0.1, -0.05) is 54.6 Å². The topological polar surface area (TPSA) is 89.3 Å². The van der Waals surface area contributed by atoms with Crippen LogP contribution in [0.1, 0.15) is 11.6 Å². The van der Waals surface area contributed by atoms with Crippen LogP contribution >= 0.6 is 0 Å². The van der Waals surface area contributed by atoms with E-state index >= 15 is 0 Å². The number of benzene rings is 2. The predicted molar refractivity (Wildman–Crippen MR) is 88.8 cm³/mol. The van der Waals surface area contributed by atoms with Crippen LogP contribution in [0.2, 0.25) is 0 Å². The van der Waals surface area contributed by atoms with Crippen LogP contribution in [0.4, 0.5) is 0 Å². The standard InChI is InChI=1S/C17H18N2O3S/c1-2-15(17(18)20)16(13-9-5-3-6-10-13)19-23(21,22)14-11-7-4-8-12-14/h2-12,15-16,19H,1H2,(H2,18,20)/t15-,16+/m0/s1. The molecule has 0 aliphatic heterocycles. The Morgan fingerprint density at radius 2 is 1.57 bits per heavy atom. The number of primary amides is 1. The zero-order chi connectivity index (χ0) is 16.9. The molecule has 2 atom stereocenters. The van der Waals surface area contributed by atoms with Crippen LogP contribution in [0.3, 0.4) is 0 Å². The number of nitrogens with one attached hydrogen (secondary N) is 1. The Labute approximate surface area is 135 Å². The molecule has 5 nitrogen and oxygen atoms in total. The first-order valence-corrected chi connectivity index (χ1v) is 8.48. The molecule has 0 spiro atoms. The molecular weight excluding hydrogens is 312 g/mol. The van der Waals surface area contributed by atoms with Gasteiger partial charge in [0.2, 0.25) is 15.9 Å². The molecule has 0 aliphatic carbocycles. The molecule has 2 rings (SSSR count). The van der Waals surface area contributed by atoms with E-state index in [-0.39, 0.29) is 4.90 Å². The van der Waals surface area contributed by atoms with E-state index in [0.29, 0.717) is 5.56 Å². The second-order valence-electron chi connectivity index (χ2n) is 4.99. The van der Waals surface area contributed by atoms with Crippen molar-refractivity contribution in [1.82, 2.24) is 4.72 Å². The van der Waals surface area contributed by atoms with Crippen molar-refractivity contribution in [2.24, 2.45) is 11.7 Å². The zero-order valence-corrected chi connectivity index (χ0v) is 13.2. The molecule has 23 heavy (non-hydrogen) atoms. The van der Waals surface area contributed by atoms with Crippen molar-refractivity contribution in [1.29, 1.82) is 0 Å². The third-order valence-electron chi connectivity index (χ3n) is 3.44. The number of rotatable bonds is 7. The van der Waals surface area contributed by atoms with Crippen molar-refractivity contribution >= 4 is 15.9 Å². The van der Waals surface area contributed by atoms with E-state index in [0.717, 1.165) is 0 Å². The highest BCUT2D eigenvalue weighted by Gasteiger charge is 2.30. The normalized spacial score (nSPS) is 13.9. The van der Waals surface area contributed by atoms with Gasteiger partial charge in [-0.3, -0.25) is 4.79 Å². The fourth-order valence-corrected chi connectivity index (χ4v) is 3.53. The van der Waals surface area contributed by atoms with Gasteiger partial charge in [0.05, 0.1) is 16.9 Å². The third-order valence-corrected chi connectivity index (χ3v) is 4.89. The summed E-state index contributed by atoms with van der Waals surface area (Å²) in [6.07, 6.45) is 1.35. The molecule has 120 valence electrons. The largest absolute Gasteiger partial charge is 0.369 e. The van der Waals surface area contributed by atoms with Crippen molar-refractivity contribution in [2.75, 3.05) is 0 Å². The van der Waals surface area contributed by atoms with E-state index in [2.05, 4.69) is 11.3 Å². The van der Waals surface area contributed by atoms with Crippen LogP contribution in [-0.2, 0) is 14.8 Å². The Morgan fingerprint density at radius 1 is 1.04 bits per heavy atom. The Hall–Kier alpha value is -2.44. The average molecular weight is 330 g/mol. The van der Waals surface area contributed by atoms with Crippen LogP contribution in [-0.4, -0.2) is 14.3 Å². The van der Waals surface area contributed by atoms with E-state index in [1.54, 1.807) is 48.5 Å². The monoisotopic (exact) mass is 330 g/mol. The number of sulfonamides is 1. The number of hydrogen-bond acceptors (Lipinski definition) is 3. The second-order valence-corrected chi connectivity index (χ2v) is 6.70. The van der Waals surface area contributed by atoms with Crippen molar-refractivity contribution in [3.05, 3.63) is 78.9 Å². The summed E-state index contributed by atoms with van der Waals surface area (Å²) < 4.78 is 27.7. The van der Waals surface area contributed by atoms with Crippen LogP contribution in [0, 0.1) is 5.92 Å². The first kappa shape index (κ1) is 16.9. The number of nitrogens with two attached hydrogens (primary N) is 1. The summed E-state index contributed by atoms with van der Waals surface area (Å²) in [6.45, 7) is 3.60. The molecule has 1 amide bonds. The highest BCUT2D eigenvalue weighted by Crippen LogP contribution is 2.25. The molecule has 0 heterocycles. The van der Waals surface area contributed by atoms with E-state index in [4.69, 9.17) is 5.73 Å². The molecule has 3 N–H and O–H groups in total. The number of carbonyl (C=O) groups excluding carboxylic acids is 1. The summed E-state index contributed by atoms with van der Waals surface area (Å²) in [5, 5.41) is 0. The van der Waals surface area contributed by atoms with Gasteiger partial charge in [0.1, 0.15) is 0 Å². The molecule has 2 aromatic carbocycles. The van der Waals surface area contributed by atoms with Crippen molar-refractivity contribution < 1.29 is 13.2 Å². The quantitative estimate of drug-likeness (QED) is 0.761. The molecule has 2 aromatic rings. The summed E-state index contributed by atoms with van der Waals surface area (Å²) in [7, 11) is -3.80. The van der Waals surface area contributed by atoms with Crippen LogP contribution in [0.15, 0.2) is 78.2 Å². The molecule has 0 bridgehead atoms. The summed E-state index contributed by atoms with van der Waals surface area (Å²) >= 11 is 0. The predicted octanol–water partition coefficient (Wildman–Crippen LogP) is 1.99. The fraction of sp³-hybridized carbons (Fsp3) is 0.118. The van der Waals surface area contributed by atoms with Crippen LogP contribution in [0.25, 0.3) is 0 Å². The lowest BCUT2D eigenvalue weighted by atomic mass is 9.93. The van der Waals surface area contributed by atoms with E-state index in [9.17, 15) is 13.2 Å². The molecule has 0 saturated heterocycles. The minimum atomic E-state index is -3.80. The lowest BCUT2D eigenvalue weighted by Crippen LogP contribution is -2.38. The third kappa shape index (κ3) is 4.06. The Bertz CT molecular complexity index is 774. The van der Waals surface area contributed by atoms with Gasteiger partial charge < -0.3 is 5.73 Å². The molecule has 0 fully saturated rings. The molecule has 0 saturated carbocycles. The first-order chi connectivity index (χ1) is 11.0. The van der Waals surface area contributed by atoms with Gasteiger partial charge in [-0.05, 0) is 17.7 Å². The minimum absolute atomic E-state index is 0.119. The molecular formula is C17H18N2O3S. The Morgan fingerprint density at radius 3 is 2.04 bits per heavy atom. The highest BCUT2D eigenvalue weighted by atomic mass is 32.2. The second kappa shape index (κ2) is 7.21. The summed E-state index contributed by atoms with van der Waals surface area (Å²) in [4.78, 5) is 11.8. The van der Waals surface area contributed by atoms with Crippen molar-refractivity contribution in [3.8, 4) is 0 Å². The number of carbonyl (C=O) groups is 1. The Kier molecular flexibility index (Phi) is 5.31. The smallest absolute Gasteiger partial charge is 0.241 e. The highest BCUT2D eigenvalue weighted by molar-refractivity contribution is 7.89. The van der Waals surface area contributed by atoms with Crippen LogP contribution < -0.4 is 10.5 Å². The zero-order valence-electron chi connectivity index (χ0n) is 12.4. The van der Waals surface area contributed by atoms with E-state index in [1.165, 1.54) is 18.2 Å². The van der Waals surface area contributed by atoms with Gasteiger partial charge in [0, 0.05) is 0 Å². The fourth-order valence-electron chi connectivity index (χ4n) is 2.26. The molecule has 0 aliphatic rings. The summed E-state index contributed by atoms with van der Waals surface area (Å²) in [5.41, 5.74) is 6.03. The summed E-state index contributed by atoms with van der Waals surface area (Å²) in [6, 6.07) is 15.9. The Balaban J connectivity index is 2.43. The van der Waals surface area contributed by atoms with Gasteiger partial charge in [-0.15, -0.1) is 6.58 Å².